The van der Waals surface area contributed by atoms with Crippen molar-refractivity contribution in [2.75, 3.05) is 25.5 Å². The van der Waals surface area contributed by atoms with Crippen molar-refractivity contribution in [2.24, 2.45) is 0 Å². The van der Waals surface area contributed by atoms with Crippen molar-refractivity contribution in [3.63, 3.8) is 0 Å². The summed E-state index contributed by atoms with van der Waals surface area (Å²) in [5.74, 6) is 0.828. The van der Waals surface area contributed by atoms with E-state index in [1.807, 2.05) is 36.9 Å². The zero-order valence-corrected chi connectivity index (χ0v) is 12.8. The number of amides is 1. The van der Waals surface area contributed by atoms with E-state index in [0.717, 1.165) is 36.2 Å². The number of rotatable bonds is 6. The molecule has 1 amide bonds. The molecule has 0 saturated heterocycles. The lowest BCUT2D eigenvalue weighted by Gasteiger charge is -2.21. The maximum absolute atomic E-state index is 12.3. The second kappa shape index (κ2) is 7.41. The zero-order chi connectivity index (χ0) is 13.5. The molecule has 1 rings (SSSR count). The summed E-state index contributed by atoms with van der Waals surface area (Å²) in [6, 6.07) is 5.59. The van der Waals surface area contributed by atoms with Crippen molar-refractivity contribution in [3.8, 4) is 5.75 Å². The third kappa shape index (κ3) is 3.73. The molecule has 0 bridgehead atoms. The van der Waals surface area contributed by atoms with Gasteiger partial charge in [0, 0.05) is 24.0 Å². The Bertz CT molecular complexity index is 407. The van der Waals surface area contributed by atoms with Gasteiger partial charge in [-0.25, -0.2) is 0 Å². The van der Waals surface area contributed by atoms with Gasteiger partial charge in [-0.05, 0) is 38.0 Å². The fourth-order valence-electron chi connectivity index (χ4n) is 1.79. The fourth-order valence-corrected chi connectivity index (χ4v) is 2.04. The third-order valence-corrected chi connectivity index (χ3v) is 3.45. The minimum atomic E-state index is 0.0664. The van der Waals surface area contributed by atoms with Gasteiger partial charge in [0.15, 0.2) is 0 Å². The fraction of sp³-hybridized carbons (Fsp3) is 0.500. The lowest BCUT2D eigenvalue weighted by Crippen LogP contribution is -2.32. The molecule has 3 nitrogen and oxygen atoms in total. The molecule has 0 atom stereocenters. The van der Waals surface area contributed by atoms with E-state index in [4.69, 9.17) is 4.74 Å². The summed E-state index contributed by atoms with van der Waals surface area (Å²) in [5, 5.41) is 0.911. The Morgan fingerprint density at radius 1 is 1.44 bits per heavy atom. The van der Waals surface area contributed by atoms with Gasteiger partial charge in [-0.15, -0.1) is 0 Å². The number of aryl methyl sites for hydroxylation is 1. The van der Waals surface area contributed by atoms with Gasteiger partial charge < -0.3 is 9.64 Å². The molecule has 1 aromatic rings. The van der Waals surface area contributed by atoms with Crippen LogP contribution in [0.3, 0.4) is 0 Å². The van der Waals surface area contributed by atoms with Crippen molar-refractivity contribution in [2.45, 2.75) is 20.3 Å². The molecule has 100 valence electrons. The molecule has 0 N–H and O–H groups in total. The van der Waals surface area contributed by atoms with Gasteiger partial charge >= 0.3 is 0 Å². The monoisotopic (exact) mass is 313 g/mol. The van der Waals surface area contributed by atoms with Crippen molar-refractivity contribution >= 4 is 21.8 Å². The van der Waals surface area contributed by atoms with E-state index in [0.29, 0.717) is 5.56 Å². The smallest absolute Gasteiger partial charge is 0.253 e. The van der Waals surface area contributed by atoms with Crippen LogP contribution < -0.4 is 4.74 Å². The Hall–Kier alpha value is -1.03. The number of hydrogen-bond acceptors (Lipinski definition) is 2. The van der Waals surface area contributed by atoms with E-state index in [2.05, 4.69) is 15.9 Å². The van der Waals surface area contributed by atoms with Gasteiger partial charge in [0.1, 0.15) is 5.75 Å². The number of nitrogens with zero attached hydrogens (tertiary/aromatic N) is 1. The van der Waals surface area contributed by atoms with E-state index in [1.165, 1.54) is 0 Å². The molecule has 0 aliphatic rings. The Morgan fingerprint density at radius 2 is 2.17 bits per heavy atom. The maximum Gasteiger partial charge on any atom is 0.253 e. The van der Waals surface area contributed by atoms with E-state index in [-0.39, 0.29) is 5.91 Å². The summed E-state index contributed by atoms with van der Waals surface area (Å²) in [6.07, 6.45) is 0.961. The van der Waals surface area contributed by atoms with E-state index >= 15 is 0 Å². The van der Waals surface area contributed by atoms with Gasteiger partial charge in [0.2, 0.25) is 0 Å². The first-order valence-corrected chi connectivity index (χ1v) is 7.26. The van der Waals surface area contributed by atoms with E-state index < -0.39 is 0 Å². The summed E-state index contributed by atoms with van der Waals surface area (Å²) in [7, 11) is 1.62. The van der Waals surface area contributed by atoms with Crippen LogP contribution in [-0.2, 0) is 0 Å². The largest absolute Gasteiger partial charge is 0.496 e. The summed E-state index contributed by atoms with van der Waals surface area (Å²) in [4.78, 5) is 14.2. The average Bonchev–Trinajstić information content (AvgIpc) is 2.40. The van der Waals surface area contributed by atoms with E-state index in [1.54, 1.807) is 7.11 Å². The summed E-state index contributed by atoms with van der Waals surface area (Å²) in [5.41, 5.74) is 1.73. The molecule has 0 aliphatic heterocycles. The predicted molar refractivity (Wildman–Crippen MR) is 77.7 cm³/mol. The van der Waals surface area contributed by atoms with Crippen LogP contribution in [0.5, 0.6) is 5.75 Å². The predicted octanol–water partition coefficient (Wildman–Crippen LogP) is 3.25. The number of benzene rings is 1. The van der Waals surface area contributed by atoms with Crippen LogP contribution in [0.4, 0.5) is 0 Å². The minimum Gasteiger partial charge on any atom is -0.496 e. The van der Waals surface area contributed by atoms with Crippen LogP contribution in [-0.4, -0.2) is 36.3 Å². The van der Waals surface area contributed by atoms with Gasteiger partial charge in [0.25, 0.3) is 5.91 Å². The molecule has 0 heterocycles. The van der Waals surface area contributed by atoms with Crippen molar-refractivity contribution in [3.05, 3.63) is 29.3 Å². The van der Waals surface area contributed by atoms with Crippen LogP contribution >= 0.6 is 15.9 Å². The van der Waals surface area contributed by atoms with E-state index in [9.17, 15) is 4.79 Å². The molecule has 0 spiro atoms. The minimum absolute atomic E-state index is 0.0664. The summed E-state index contributed by atoms with van der Waals surface area (Å²) < 4.78 is 5.25. The van der Waals surface area contributed by atoms with Crippen LogP contribution in [0.15, 0.2) is 18.2 Å². The molecule has 0 aliphatic carbocycles. The quantitative estimate of drug-likeness (QED) is 0.754. The molecule has 4 heteroatoms. The van der Waals surface area contributed by atoms with Gasteiger partial charge in [-0.1, -0.05) is 22.0 Å². The van der Waals surface area contributed by atoms with Crippen LogP contribution in [0.2, 0.25) is 0 Å². The highest BCUT2D eigenvalue weighted by molar-refractivity contribution is 9.09. The zero-order valence-electron chi connectivity index (χ0n) is 11.2. The second-order valence-electron chi connectivity index (χ2n) is 4.11. The third-order valence-electron chi connectivity index (χ3n) is 2.89. The maximum atomic E-state index is 12.3. The number of methoxy groups -OCH3 is 1. The van der Waals surface area contributed by atoms with Crippen molar-refractivity contribution in [1.82, 2.24) is 4.90 Å². The number of ether oxygens (including phenoxy) is 1. The lowest BCUT2D eigenvalue weighted by atomic mass is 10.1. The van der Waals surface area contributed by atoms with Gasteiger partial charge in [-0.2, -0.15) is 0 Å². The standard InChI is InChI=1S/C14H20BrNO2/c1-4-16(9-5-8-15)14(17)12-7-6-11(2)13(10-12)18-3/h6-7,10H,4-5,8-9H2,1-3H3. The molecule has 0 saturated carbocycles. The Labute approximate surface area is 117 Å². The Balaban J connectivity index is 2.87. The van der Waals surface area contributed by atoms with Crippen LogP contribution in [0, 0.1) is 6.92 Å². The number of halogens is 1. The van der Waals surface area contributed by atoms with Crippen molar-refractivity contribution < 1.29 is 9.53 Å². The van der Waals surface area contributed by atoms with Crippen LogP contribution in [0.1, 0.15) is 29.3 Å². The topological polar surface area (TPSA) is 29.5 Å². The first-order valence-electron chi connectivity index (χ1n) is 6.13. The molecule has 0 radical (unpaired) electrons. The molecular weight excluding hydrogens is 294 g/mol. The van der Waals surface area contributed by atoms with Gasteiger partial charge in [-0.3, -0.25) is 4.79 Å². The van der Waals surface area contributed by atoms with Crippen molar-refractivity contribution in [1.29, 1.82) is 0 Å². The molecule has 0 fully saturated rings. The number of carbonyl (C=O) groups is 1. The summed E-state index contributed by atoms with van der Waals surface area (Å²) in [6.45, 7) is 5.46. The number of hydrogen-bond donors (Lipinski definition) is 0. The Kier molecular flexibility index (Phi) is 6.19. The second-order valence-corrected chi connectivity index (χ2v) is 4.90. The lowest BCUT2D eigenvalue weighted by molar-refractivity contribution is 0.0764. The first kappa shape index (κ1) is 15.0. The normalized spacial score (nSPS) is 10.2. The van der Waals surface area contributed by atoms with Crippen LogP contribution in [0.25, 0.3) is 0 Å². The van der Waals surface area contributed by atoms with Gasteiger partial charge in [0.05, 0.1) is 7.11 Å². The Morgan fingerprint density at radius 3 is 2.72 bits per heavy atom. The molecule has 0 unspecified atom stereocenters. The molecule has 18 heavy (non-hydrogen) atoms. The number of alkyl halides is 1. The molecule has 0 aromatic heterocycles. The highest BCUT2D eigenvalue weighted by Gasteiger charge is 2.14. The SMILES string of the molecule is CCN(CCCBr)C(=O)c1ccc(C)c(OC)c1. The molecular formula is C14H20BrNO2. The average molecular weight is 314 g/mol. The highest BCUT2D eigenvalue weighted by Crippen LogP contribution is 2.20. The molecule has 1 aromatic carbocycles. The first-order chi connectivity index (χ1) is 8.63. The highest BCUT2D eigenvalue weighted by atomic mass is 79.9. The summed E-state index contributed by atoms with van der Waals surface area (Å²) >= 11 is 3.39. The number of carbonyl (C=O) groups excluding carboxylic acids is 1.